The van der Waals surface area contributed by atoms with Crippen molar-refractivity contribution in [2.45, 2.75) is 12.5 Å². The van der Waals surface area contributed by atoms with E-state index < -0.39 is 12.1 Å². The van der Waals surface area contributed by atoms with Gasteiger partial charge in [0.15, 0.2) is 0 Å². The number of aromatic nitrogens is 1. The summed E-state index contributed by atoms with van der Waals surface area (Å²) in [6.07, 6.45) is 0.601. The van der Waals surface area contributed by atoms with Crippen molar-refractivity contribution in [3.8, 4) is 0 Å². The van der Waals surface area contributed by atoms with Crippen molar-refractivity contribution in [2.24, 2.45) is 0 Å². The summed E-state index contributed by atoms with van der Waals surface area (Å²) in [4.78, 5) is 15.3. The Morgan fingerprint density at radius 2 is 2.18 bits per heavy atom. The van der Waals surface area contributed by atoms with Crippen LogP contribution in [0.2, 0.25) is 0 Å². The van der Waals surface area contributed by atoms with E-state index in [2.05, 4.69) is 9.72 Å². The third-order valence-electron chi connectivity index (χ3n) is 2.61. The first-order chi connectivity index (χ1) is 8.22. The van der Waals surface area contributed by atoms with Crippen LogP contribution in [0.4, 0.5) is 0 Å². The van der Waals surface area contributed by atoms with Crippen LogP contribution in [0.1, 0.15) is 18.2 Å². The molecule has 2 aromatic rings. The summed E-state index contributed by atoms with van der Waals surface area (Å²) in [7, 11) is 1.30. The standard InChI is InChI=1S/C13H13NO3/c1-17-12(16)8-11(15)13-10-5-3-2-4-9(10)6-7-14-13/h2-7,11,15H,8H2,1H3/t11-/m1/s1. The minimum atomic E-state index is -0.937. The highest BCUT2D eigenvalue weighted by molar-refractivity contribution is 5.85. The van der Waals surface area contributed by atoms with E-state index in [-0.39, 0.29) is 6.42 Å². The summed E-state index contributed by atoms with van der Waals surface area (Å²) in [6.45, 7) is 0. The summed E-state index contributed by atoms with van der Waals surface area (Å²) >= 11 is 0. The average Bonchev–Trinajstić information content (AvgIpc) is 2.37. The fourth-order valence-electron chi connectivity index (χ4n) is 1.75. The largest absolute Gasteiger partial charge is 0.469 e. The van der Waals surface area contributed by atoms with E-state index in [0.717, 1.165) is 10.8 Å². The number of aliphatic hydroxyl groups excluding tert-OH is 1. The maximum atomic E-state index is 11.1. The van der Waals surface area contributed by atoms with Crippen molar-refractivity contribution in [2.75, 3.05) is 7.11 Å². The van der Waals surface area contributed by atoms with Gasteiger partial charge in [-0.1, -0.05) is 24.3 Å². The number of carbonyl (C=O) groups is 1. The maximum Gasteiger partial charge on any atom is 0.308 e. The molecule has 1 atom stereocenters. The Hall–Kier alpha value is -1.94. The number of hydrogen-bond acceptors (Lipinski definition) is 4. The number of esters is 1. The van der Waals surface area contributed by atoms with Gasteiger partial charge in [-0.25, -0.2) is 0 Å². The average molecular weight is 231 g/mol. The zero-order valence-electron chi connectivity index (χ0n) is 9.46. The Kier molecular flexibility index (Phi) is 3.35. The Bertz CT molecular complexity index is 534. The Morgan fingerprint density at radius 1 is 1.41 bits per heavy atom. The van der Waals surface area contributed by atoms with Crippen LogP contribution in [-0.4, -0.2) is 23.2 Å². The van der Waals surface area contributed by atoms with Gasteiger partial charge in [0.1, 0.15) is 6.10 Å². The van der Waals surface area contributed by atoms with Crippen molar-refractivity contribution >= 4 is 16.7 Å². The highest BCUT2D eigenvalue weighted by Gasteiger charge is 2.16. The number of fused-ring (bicyclic) bond motifs is 1. The molecule has 88 valence electrons. The van der Waals surface area contributed by atoms with Crippen LogP contribution in [0.3, 0.4) is 0 Å². The lowest BCUT2D eigenvalue weighted by atomic mass is 10.0. The molecule has 0 saturated carbocycles. The number of methoxy groups -OCH3 is 1. The number of rotatable bonds is 3. The van der Waals surface area contributed by atoms with Gasteiger partial charge >= 0.3 is 5.97 Å². The molecule has 0 fully saturated rings. The molecular formula is C13H13NO3. The number of carbonyl (C=O) groups excluding carboxylic acids is 1. The van der Waals surface area contributed by atoms with E-state index in [1.165, 1.54) is 7.11 Å². The summed E-state index contributed by atoms with van der Waals surface area (Å²) in [5.41, 5.74) is 0.508. The van der Waals surface area contributed by atoms with Gasteiger partial charge in [0.05, 0.1) is 19.2 Å². The second kappa shape index (κ2) is 4.93. The van der Waals surface area contributed by atoms with Crippen LogP contribution in [-0.2, 0) is 9.53 Å². The molecule has 0 saturated heterocycles. The third-order valence-corrected chi connectivity index (χ3v) is 2.61. The molecule has 0 unspecified atom stereocenters. The predicted molar refractivity (Wildman–Crippen MR) is 63.3 cm³/mol. The SMILES string of the molecule is COC(=O)C[C@@H](O)c1nccc2ccccc12. The maximum absolute atomic E-state index is 11.1. The first-order valence-corrected chi connectivity index (χ1v) is 5.31. The van der Waals surface area contributed by atoms with Crippen LogP contribution in [0, 0.1) is 0 Å². The molecule has 0 aliphatic carbocycles. The van der Waals surface area contributed by atoms with Gasteiger partial charge in [0, 0.05) is 11.6 Å². The van der Waals surface area contributed by atoms with Crippen LogP contribution >= 0.6 is 0 Å². The summed E-state index contributed by atoms with van der Waals surface area (Å²) in [5, 5.41) is 11.8. The molecule has 0 radical (unpaired) electrons. The Balaban J connectivity index is 2.38. The van der Waals surface area contributed by atoms with Crippen LogP contribution < -0.4 is 0 Å². The van der Waals surface area contributed by atoms with E-state index in [1.54, 1.807) is 6.20 Å². The Morgan fingerprint density at radius 3 is 2.94 bits per heavy atom. The van der Waals surface area contributed by atoms with E-state index >= 15 is 0 Å². The van der Waals surface area contributed by atoms with Gasteiger partial charge in [-0.2, -0.15) is 0 Å². The molecule has 1 N–H and O–H groups in total. The van der Waals surface area contributed by atoms with Crippen LogP contribution in [0.5, 0.6) is 0 Å². The normalized spacial score (nSPS) is 12.4. The van der Waals surface area contributed by atoms with Crippen molar-refractivity contribution in [3.05, 3.63) is 42.2 Å². The number of hydrogen-bond donors (Lipinski definition) is 1. The number of benzene rings is 1. The van der Waals surface area contributed by atoms with Gasteiger partial charge in [0.25, 0.3) is 0 Å². The highest BCUT2D eigenvalue weighted by Crippen LogP contribution is 2.24. The van der Waals surface area contributed by atoms with Crippen molar-refractivity contribution < 1.29 is 14.6 Å². The van der Waals surface area contributed by atoms with E-state index in [9.17, 15) is 9.90 Å². The smallest absolute Gasteiger partial charge is 0.308 e. The second-order valence-electron chi connectivity index (χ2n) is 3.71. The van der Waals surface area contributed by atoms with Gasteiger partial charge in [-0.05, 0) is 11.5 Å². The molecule has 4 nitrogen and oxygen atoms in total. The zero-order chi connectivity index (χ0) is 12.3. The summed E-state index contributed by atoms with van der Waals surface area (Å²) in [6, 6.07) is 9.46. The van der Waals surface area contributed by atoms with Gasteiger partial charge < -0.3 is 9.84 Å². The number of aliphatic hydroxyl groups is 1. The molecule has 0 bridgehead atoms. The zero-order valence-corrected chi connectivity index (χ0v) is 9.46. The lowest BCUT2D eigenvalue weighted by Gasteiger charge is -2.11. The first kappa shape index (κ1) is 11.5. The lowest BCUT2D eigenvalue weighted by Crippen LogP contribution is -2.09. The van der Waals surface area contributed by atoms with E-state index in [4.69, 9.17) is 0 Å². The van der Waals surface area contributed by atoms with E-state index in [1.807, 2.05) is 30.3 Å². The molecule has 1 aromatic carbocycles. The van der Waals surface area contributed by atoms with Crippen LogP contribution in [0.15, 0.2) is 36.5 Å². The summed E-state index contributed by atoms with van der Waals surface area (Å²) < 4.78 is 4.53. The van der Waals surface area contributed by atoms with Crippen molar-refractivity contribution in [3.63, 3.8) is 0 Å². The lowest BCUT2D eigenvalue weighted by molar-refractivity contribution is -0.142. The number of pyridine rings is 1. The third kappa shape index (κ3) is 2.42. The Labute approximate surface area is 98.9 Å². The fourth-order valence-corrected chi connectivity index (χ4v) is 1.75. The van der Waals surface area contributed by atoms with Gasteiger partial charge in [-0.15, -0.1) is 0 Å². The van der Waals surface area contributed by atoms with Crippen LogP contribution in [0.25, 0.3) is 10.8 Å². The quantitative estimate of drug-likeness (QED) is 0.819. The minimum Gasteiger partial charge on any atom is -0.469 e. The highest BCUT2D eigenvalue weighted by atomic mass is 16.5. The van der Waals surface area contributed by atoms with Crippen molar-refractivity contribution in [1.29, 1.82) is 0 Å². The number of ether oxygens (including phenoxy) is 1. The molecule has 0 spiro atoms. The molecule has 1 heterocycles. The molecule has 4 heteroatoms. The second-order valence-corrected chi connectivity index (χ2v) is 3.71. The minimum absolute atomic E-state index is 0.0858. The summed E-state index contributed by atoms with van der Waals surface area (Å²) in [5.74, 6) is -0.452. The predicted octanol–water partition coefficient (Wildman–Crippen LogP) is 1.83. The number of nitrogens with zero attached hydrogens (tertiary/aromatic N) is 1. The molecule has 0 aliphatic rings. The topological polar surface area (TPSA) is 59.4 Å². The molecule has 2 rings (SSSR count). The monoisotopic (exact) mass is 231 g/mol. The molecule has 1 aromatic heterocycles. The molecule has 17 heavy (non-hydrogen) atoms. The van der Waals surface area contributed by atoms with Gasteiger partial charge in [-0.3, -0.25) is 9.78 Å². The van der Waals surface area contributed by atoms with Gasteiger partial charge in [0.2, 0.25) is 0 Å². The molecular weight excluding hydrogens is 218 g/mol. The van der Waals surface area contributed by atoms with E-state index in [0.29, 0.717) is 5.69 Å². The van der Waals surface area contributed by atoms with Crippen molar-refractivity contribution in [1.82, 2.24) is 4.98 Å². The molecule has 0 aliphatic heterocycles. The molecule has 0 amide bonds. The first-order valence-electron chi connectivity index (χ1n) is 5.31. The fraction of sp³-hybridized carbons (Fsp3) is 0.231.